The Hall–Kier alpha value is -4.17. The summed E-state index contributed by atoms with van der Waals surface area (Å²) in [5, 5.41) is 22.8. The van der Waals surface area contributed by atoms with Crippen LogP contribution < -0.4 is 10.6 Å². The van der Waals surface area contributed by atoms with Crippen molar-refractivity contribution in [1.82, 2.24) is 5.32 Å². The highest BCUT2D eigenvalue weighted by atomic mass is 16.5. The Morgan fingerprint density at radius 1 is 0.882 bits per heavy atom. The molecule has 0 heterocycles. The highest BCUT2D eigenvalue weighted by molar-refractivity contribution is 5.86. The first-order valence-electron chi connectivity index (χ1n) is 10.8. The van der Waals surface area contributed by atoms with E-state index >= 15 is 0 Å². The summed E-state index contributed by atoms with van der Waals surface area (Å²) >= 11 is 0. The smallest absolute Gasteiger partial charge is 0.411 e. The largest absolute Gasteiger partial charge is 0.480 e. The van der Waals surface area contributed by atoms with E-state index in [9.17, 15) is 14.4 Å². The lowest BCUT2D eigenvalue weighted by atomic mass is 9.98. The van der Waals surface area contributed by atoms with Crippen LogP contribution in [0.25, 0.3) is 11.1 Å². The van der Waals surface area contributed by atoms with Gasteiger partial charge in [0.1, 0.15) is 12.6 Å². The molecule has 0 bridgehead atoms. The van der Waals surface area contributed by atoms with Crippen LogP contribution in [0.3, 0.4) is 0 Å². The van der Waals surface area contributed by atoms with Crippen LogP contribution in [-0.2, 0) is 20.7 Å². The van der Waals surface area contributed by atoms with Crippen molar-refractivity contribution in [3.05, 3.63) is 89.5 Å². The van der Waals surface area contributed by atoms with Crippen LogP contribution in [-0.4, -0.2) is 47.4 Å². The Bertz CT molecular complexity index is 1160. The number of ether oxygens (including phenoxy) is 1. The molecule has 4 N–H and O–H groups in total. The van der Waals surface area contributed by atoms with E-state index in [0.29, 0.717) is 11.3 Å². The molecule has 0 aromatic heterocycles. The van der Waals surface area contributed by atoms with Crippen LogP contribution in [0.4, 0.5) is 10.5 Å². The van der Waals surface area contributed by atoms with Gasteiger partial charge in [-0.05, 0) is 39.9 Å². The van der Waals surface area contributed by atoms with E-state index in [2.05, 4.69) is 34.9 Å². The second-order valence-corrected chi connectivity index (χ2v) is 7.97. The number of aliphatic hydroxyl groups excluding tert-OH is 1. The van der Waals surface area contributed by atoms with Crippen molar-refractivity contribution in [2.75, 3.05) is 18.5 Å². The number of amides is 2. The fraction of sp³-hybridized carbons (Fsp3) is 0.192. The zero-order valence-electron chi connectivity index (χ0n) is 18.2. The van der Waals surface area contributed by atoms with Crippen molar-refractivity contribution in [1.29, 1.82) is 0 Å². The number of benzene rings is 3. The van der Waals surface area contributed by atoms with Crippen molar-refractivity contribution in [2.24, 2.45) is 0 Å². The van der Waals surface area contributed by atoms with E-state index in [4.69, 9.17) is 14.9 Å². The highest BCUT2D eigenvalue weighted by Gasteiger charge is 2.29. The van der Waals surface area contributed by atoms with E-state index in [0.717, 1.165) is 22.3 Å². The molecular weight excluding hydrogens is 436 g/mol. The molecule has 3 aromatic carbocycles. The molecular formula is C26H24N2O6. The van der Waals surface area contributed by atoms with Crippen LogP contribution in [0.1, 0.15) is 22.6 Å². The van der Waals surface area contributed by atoms with Gasteiger partial charge in [0, 0.05) is 11.6 Å². The third kappa shape index (κ3) is 5.07. The Labute approximate surface area is 196 Å². The maximum Gasteiger partial charge on any atom is 0.411 e. The Morgan fingerprint density at radius 3 is 2.03 bits per heavy atom. The zero-order valence-corrected chi connectivity index (χ0v) is 18.2. The Kier molecular flexibility index (Phi) is 6.89. The molecule has 0 saturated heterocycles. The molecule has 8 heteroatoms. The van der Waals surface area contributed by atoms with Gasteiger partial charge in [0.25, 0.3) is 0 Å². The SMILES string of the molecule is O=C(Cc1ccc(NC(=O)OCC2c3ccccc3-c3ccccc32)cc1)N[C@H](CO)C(=O)O. The molecule has 1 atom stereocenters. The predicted octanol–water partition coefficient (Wildman–Crippen LogP) is 3.15. The van der Waals surface area contributed by atoms with Gasteiger partial charge in [-0.25, -0.2) is 9.59 Å². The second-order valence-electron chi connectivity index (χ2n) is 7.97. The number of carboxylic acids is 1. The Balaban J connectivity index is 1.32. The number of fused-ring (bicyclic) bond motifs is 3. The zero-order chi connectivity index (χ0) is 24.1. The highest BCUT2D eigenvalue weighted by Crippen LogP contribution is 2.44. The fourth-order valence-corrected chi connectivity index (χ4v) is 4.07. The van der Waals surface area contributed by atoms with Crippen LogP contribution >= 0.6 is 0 Å². The topological polar surface area (TPSA) is 125 Å². The molecule has 1 aliphatic carbocycles. The summed E-state index contributed by atoms with van der Waals surface area (Å²) < 4.78 is 5.52. The summed E-state index contributed by atoms with van der Waals surface area (Å²) in [6.07, 6.45) is -0.644. The lowest BCUT2D eigenvalue weighted by Crippen LogP contribution is -2.43. The maximum absolute atomic E-state index is 12.4. The van der Waals surface area contributed by atoms with E-state index in [1.165, 1.54) is 0 Å². The molecule has 8 nitrogen and oxygen atoms in total. The number of rotatable bonds is 8. The van der Waals surface area contributed by atoms with E-state index in [1.807, 2.05) is 24.3 Å². The molecule has 0 unspecified atom stereocenters. The van der Waals surface area contributed by atoms with Gasteiger partial charge in [-0.15, -0.1) is 0 Å². The van der Waals surface area contributed by atoms with E-state index < -0.39 is 30.6 Å². The summed E-state index contributed by atoms with van der Waals surface area (Å²) in [4.78, 5) is 35.3. The molecule has 3 aromatic rings. The Morgan fingerprint density at radius 2 is 1.47 bits per heavy atom. The van der Waals surface area contributed by atoms with Crippen molar-refractivity contribution in [3.8, 4) is 11.1 Å². The van der Waals surface area contributed by atoms with Crippen molar-refractivity contribution < 1.29 is 29.3 Å². The van der Waals surface area contributed by atoms with Gasteiger partial charge >= 0.3 is 12.1 Å². The minimum Gasteiger partial charge on any atom is -0.480 e. The molecule has 0 fully saturated rings. The van der Waals surface area contributed by atoms with Gasteiger partial charge in [-0.2, -0.15) is 0 Å². The average Bonchev–Trinajstić information content (AvgIpc) is 3.16. The lowest BCUT2D eigenvalue weighted by molar-refractivity contribution is -0.142. The average molecular weight is 460 g/mol. The number of hydrogen-bond donors (Lipinski definition) is 4. The minimum absolute atomic E-state index is 0.0346. The van der Waals surface area contributed by atoms with Crippen LogP contribution in [0, 0.1) is 0 Å². The number of anilines is 1. The molecule has 34 heavy (non-hydrogen) atoms. The molecule has 1 aliphatic rings. The summed E-state index contributed by atoms with van der Waals surface area (Å²) in [6, 6.07) is 21.4. The summed E-state index contributed by atoms with van der Waals surface area (Å²) in [6.45, 7) is -0.488. The van der Waals surface area contributed by atoms with Gasteiger partial charge in [0.15, 0.2) is 0 Å². The number of hydrogen-bond acceptors (Lipinski definition) is 5. The molecule has 174 valence electrons. The summed E-state index contributed by atoms with van der Waals surface area (Å²) in [5.41, 5.74) is 5.69. The normalized spacial score (nSPS) is 12.9. The van der Waals surface area contributed by atoms with Gasteiger partial charge in [0.05, 0.1) is 13.0 Å². The minimum atomic E-state index is -1.35. The van der Waals surface area contributed by atoms with Crippen molar-refractivity contribution in [3.63, 3.8) is 0 Å². The number of aliphatic hydroxyl groups is 1. The standard InChI is InChI=1S/C26H24N2O6/c29-14-23(25(31)32)28-24(30)13-16-9-11-17(12-10-16)27-26(33)34-15-22-20-7-3-1-5-18(20)19-6-2-4-8-21(19)22/h1-12,22-23,29H,13-15H2,(H,27,33)(H,28,30)(H,31,32)/t23-/m1/s1. The maximum atomic E-state index is 12.4. The van der Waals surface area contributed by atoms with Crippen LogP contribution in [0.2, 0.25) is 0 Å². The molecule has 2 amide bonds. The first-order chi connectivity index (χ1) is 16.5. The molecule has 0 spiro atoms. The second kappa shape index (κ2) is 10.2. The molecule has 4 rings (SSSR count). The summed E-state index contributed by atoms with van der Waals surface area (Å²) in [7, 11) is 0. The molecule has 0 saturated carbocycles. The van der Waals surface area contributed by atoms with Gasteiger partial charge in [0.2, 0.25) is 5.91 Å². The third-order valence-corrected chi connectivity index (χ3v) is 5.72. The number of aliphatic carboxylic acids is 1. The monoisotopic (exact) mass is 460 g/mol. The number of carboxylic acid groups (broad SMARTS) is 1. The molecule has 0 aliphatic heterocycles. The quantitative estimate of drug-likeness (QED) is 0.409. The van der Waals surface area contributed by atoms with Gasteiger partial charge in [-0.1, -0.05) is 60.7 Å². The fourth-order valence-electron chi connectivity index (χ4n) is 4.07. The first-order valence-corrected chi connectivity index (χ1v) is 10.8. The van der Waals surface area contributed by atoms with Crippen molar-refractivity contribution >= 4 is 23.7 Å². The predicted molar refractivity (Wildman–Crippen MR) is 125 cm³/mol. The van der Waals surface area contributed by atoms with E-state index in [1.54, 1.807) is 24.3 Å². The van der Waals surface area contributed by atoms with E-state index in [-0.39, 0.29) is 18.9 Å². The number of carbonyl (C=O) groups excluding carboxylic acids is 2. The first kappa shape index (κ1) is 23.0. The van der Waals surface area contributed by atoms with Gasteiger partial charge < -0.3 is 20.3 Å². The number of nitrogens with one attached hydrogen (secondary N) is 2. The molecule has 0 radical (unpaired) electrons. The third-order valence-electron chi connectivity index (χ3n) is 5.72. The van der Waals surface area contributed by atoms with Gasteiger partial charge in [-0.3, -0.25) is 10.1 Å². The number of carbonyl (C=O) groups is 3. The lowest BCUT2D eigenvalue weighted by Gasteiger charge is -2.15. The van der Waals surface area contributed by atoms with Crippen LogP contribution in [0.15, 0.2) is 72.8 Å². The van der Waals surface area contributed by atoms with Crippen molar-refractivity contribution in [2.45, 2.75) is 18.4 Å². The summed E-state index contributed by atoms with van der Waals surface area (Å²) in [5.74, 6) is -1.87. The van der Waals surface area contributed by atoms with Crippen LogP contribution in [0.5, 0.6) is 0 Å².